The lowest BCUT2D eigenvalue weighted by Gasteiger charge is -2.35. The Hall–Kier alpha value is -2.04. The van der Waals surface area contributed by atoms with Crippen molar-refractivity contribution in [2.45, 2.75) is 59.1 Å². The van der Waals surface area contributed by atoms with Crippen molar-refractivity contribution in [3.8, 4) is 5.75 Å². The van der Waals surface area contributed by atoms with Crippen LogP contribution in [0.15, 0.2) is 18.2 Å². The first-order valence-corrected chi connectivity index (χ1v) is 8.99. The van der Waals surface area contributed by atoms with Gasteiger partial charge in [0.15, 0.2) is 6.10 Å². The van der Waals surface area contributed by atoms with Crippen molar-refractivity contribution in [2.24, 2.45) is 11.8 Å². The molecule has 1 saturated carbocycles. The molecule has 0 aliphatic heterocycles. The molecule has 0 saturated heterocycles. The summed E-state index contributed by atoms with van der Waals surface area (Å²) in [7, 11) is 1.56. The minimum Gasteiger partial charge on any atom is -0.496 e. The third kappa shape index (κ3) is 4.74. The van der Waals surface area contributed by atoms with Crippen LogP contribution in [0.3, 0.4) is 0 Å². The molecule has 1 aliphatic carbocycles. The number of amides is 1. The minimum atomic E-state index is -0.829. The Labute approximate surface area is 150 Å². The molecule has 1 amide bonds. The van der Waals surface area contributed by atoms with E-state index in [9.17, 15) is 9.59 Å². The van der Waals surface area contributed by atoms with Gasteiger partial charge in [-0.25, -0.2) is 4.79 Å². The van der Waals surface area contributed by atoms with Crippen LogP contribution in [-0.4, -0.2) is 31.1 Å². The molecule has 0 spiro atoms. The van der Waals surface area contributed by atoms with Gasteiger partial charge in [-0.3, -0.25) is 4.79 Å². The Kier molecular flexibility index (Phi) is 6.45. The summed E-state index contributed by atoms with van der Waals surface area (Å²) in [6, 6.07) is 5.26. The molecule has 0 aromatic heterocycles. The van der Waals surface area contributed by atoms with E-state index in [1.807, 2.05) is 6.92 Å². The van der Waals surface area contributed by atoms with Crippen molar-refractivity contribution in [1.29, 1.82) is 0 Å². The summed E-state index contributed by atoms with van der Waals surface area (Å²) < 4.78 is 10.6. The quantitative estimate of drug-likeness (QED) is 0.828. The number of aryl methyl sites for hydroxylation is 1. The Balaban J connectivity index is 1.95. The van der Waals surface area contributed by atoms with E-state index < -0.39 is 12.1 Å². The van der Waals surface area contributed by atoms with Crippen molar-refractivity contribution in [2.75, 3.05) is 7.11 Å². The van der Waals surface area contributed by atoms with E-state index in [0.717, 1.165) is 18.4 Å². The third-order valence-electron chi connectivity index (χ3n) is 5.33. The zero-order valence-electron chi connectivity index (χ0n) is 15.8. The average Bonchev–Trinajstić information content (AvgIpc) is 2.59. The standard InChI is InChI=1S/C20H29NO4/c1-12-7-6-8-17(14(12)3)21-19(22)15(4)25-20(23)16-10-9-13(2)18(11-16)24-5/h9-12,14-15,17H,6-8H2,1-5H3,(H,21,22)/t12-,14+,15+,17+/m1/s1. The molecule has 1 fully saturated rings. The van der Waals surface area contributed by atoms with Gasteiger partial charge in [-0.1, -0.05) is 32.8 Å². The molecule has 0 unspecified atom stereocenters. The van der Waals surface area contributed by atoms with Crippen LogP contribution in [0.25, 0.3) is 0 Å². The van der Waals surface area contributed by atoms with Crippen molar-refractivity contribution in [1.82, 2.24) is 5.32 Å². The Morgan fingerprint density at radius 1 is 1.24 bits per heavy atom. The van der Waals surface area contributed by atoms with Gasteiger partial charge in [0.1, 0.15) is 5.75 Å². The molecule has 0 radical (unpaired) electrons. The molecule has 5 heteroatoms. The first kappa shape index (κ1) is 19.3. The van der Waals surface area contributed by atoms with Gasteiger partial charge in [0.25, 0.3) is 5.91 Å². The average molecular weight is 347 g/mol. The maximum Gasteiger partial charge on any atom is 0.339 e. The highest BCUT2D eigenvalue weighted by atomic mass is 16.5. The number of carbonyl (C=O) groups excluding carboxylic acids is 2. The van der Waals surface area contributed by atoms with E-state index in [1.165, 1.54) is 6.42 Å². The Morgan fingerprint density at radius 3 is 2.64 bits per heavy atom. The molecule has 4 atom stereocenters. The van der Waals surface area contributed by atoms with Crippen LogP contribution in [0.1, 0.15) is 56.0 Å². The summed E-state index contributed by atoms with van der Waals surface area (Å²) in [5, 5.41) is 3.05. The van der Waals surface area contributed by atoms with Gasteiger partial charge < -0.3 is 14.8 Å². The molecule has 5 nitrogen and oxygen atoms in total. The van der Waals surface area contributed by atoms with Gasteiger partial charge in [0.05, 0.1) is 12.7 Å². The highest BCUT2D eigenvalue weighted by Gasteiger charge is 2.30. The van der Waals surface area contributed by atoms with E-state index in [1.54, 1.807) is 32.2 Å². The number of hydrogen-bond acceptors (Lipinski definition) is 4. The second kappa shape index (κ2) is 8.37. The second-order valence-electron chi connectivity index (χ2n) is 7.11. The molecule has 138 valence electrons. The highest BCUT2D eigenvalue weighted by Crippen LogP contribution is 2.29. The Bertz CT molecular complexity index is 628. The lowest BCUT2D eigenvalue weighted by molar-refractivity contribution is -0.130. The smallest absolute Gasteiger partial charge is 0.339 e. The van der Waals surface area contributed by atoms with Crippen molar-refractivity contribution >= 4 is 11.9 Å². The predicted octanol–water partition coefficient (Wildman–Crippen LogP) is 3.49. The zero-order valence-corrected chi connectivity index (χ0v) is 15.8. The molecule has 0 heterocycles. The van der Waals surface area contributed by atoms with Gasteiger partial charge in [-0.2, -0.15) is 0 Å². The van der Waals surface area contributed by atoms with Gasteiger partial charge in [0.2, 0.25) is 0 Å². The molecule has 1 aromatic carbocycles. The molecule has 1 aromatic rings. The summed E-state index contributed by atoms with van der Waals surface area (Å²) >= 11 is 0. The van der Waals surface area contributed by atoms with Crippen LogP contribution in [0, 0.1) is 18.8 Å². The maximum atomic E-state index is 12.4. The van der Waals surface area contributed by atoms with Gasteiger partial charge in [-0.05, 0) is 49.8 Å². The van der Waals surface area contributed by atoms with E-state index in [4.69, 9.17) is 9.47 Å². The maximum absolute atomic E-state index is 12.4. The normalized spacial score (nSPS) is 24.3. The van der Waals surface area contributed by atoms with Crippen LogP contribution in [0.5, 0.6) is 5.75 Å². The molecular formula is C20H29NO4. The van der Waals surface area contributed by atoms with E-state index in [-0.39, 0.29) is 11.9 Å². The van der Waals surface area contributed by atoms with Gasteiger partial charge in [0, 0.05) is 6.04 Å². The number of rotatable bonds is 5. The monoisotopic (exact) mass is 347 g/mol. The SMILES string of the molecule is COc1cc(C(=O)O[C@@H](C)C(=O)N[C@H]2CCC[C@@H](C)[C@@H]2C)ccc1C. The Morgan fingerprint density at radius 2 is 1.96 bits per heavy atom. The van der Waals surface area contributed by atoms with E-state index in [2.05, 4.69) is 19.2 Å². The van der Waals surface area contributed by atoms with Crippen LogP contribution in [-0.2, 0) is 9.53 Å². The van der Waals surface area contributed by atoms with Crippen LogP contribution >= 0.6 is 0 Å². The topological polar surface area (TPSA) is 64.6 Å². The molecule has 0 bridgehead atoms. The van der Waals surface area contributed by atoms with Gasteiger partial charge in [-0.15, -0.1) is 0 Å². The summed E-state index contributed by atoms with van der Waals surface area (Å²) in [5.41, 5.74) is 1.31. The lowest BCUT2D eigenvalue weighted by Crippen LogP contribution is -2.47. The van der Waals surface area contributed by atoms with Crippen LogP contribution in [0.2, 0.25) is 0 Å². The summed E-state index contributed by atoms with van der Waals surface area (Å²) in [5.74, 6) is 0.889. The van der Waals surface area contributed by atoms with E-state index >= 15 is 0 Å². The number of hydrogen-bond donors (Lipinski definition) is 1. The second-order valence-corrected chi connectivity index (χ2v) is 7.11. The molecule has 1 aliphatic rings. The third-order valence-corrected chi connectivity index (χ3v) is 5.33. The number of carbonyl (C=O) groups is 2. The van der Waals surface area contributed by atoms with Crippen molar-refractivity contribution in [3.05, 3.63) is 29.3 Å². The fraction of sp³-hybridized carbons (Fsp3) is 0.600. The number of methoxy groups -OCH3 is 1. The fourth-order valence-corrected chi connectivity index (χ4v) is 3.31. The zero-order chi connectivity index (χ0) is 18.6. The number of benzene rings is 1. The fourth-order valence-electron chi connectivity index (χ4n) is 3.31. The predicted molar refractivity (Wildman–Crippen MR) is 96.7 cm³/mol. The molecule has 25 heavy (non-hydrogen) atoms. The number of nitrogens with one attached hydrogen (secondary N) is 1. The minimum absolute atomic E-state index is 0.150. The first-order valence-electron chi connectivity index (χ1n) is 8.99. The van der Waals surface area contributed by atoms with Crippen LogP contribution in [0.4, 0.5) is 0 Å². The molecule has 1 N–H and O–H groups in total. The summed E-state index contributed by atoms with van der Waals surface area (Å²) in [6.45, 7) is 7.90. The summed E-state index contributed by atoms with van der Waals surface area (Å²) in [6.07, 6.45) is 2.47. The van der Waals surface area contributed by atoms with Crippen LogP contribution < -0.4 is 10.1 Å². The largest absolute Gasteiger partial charge is 0.496 e. The lowest BCUT2D eigenvalue weighted by atomic mass is 9.78. The van der Waals surface area contributed by atoms with Crippen molar-refractivity contribution < 1.29 is 19.1 Å². The first-order chi connectivity index (χ1) is 11.8. The molecular weight excluding hydrogens is 318 g/mol. The van der Waals surface area contributed by atoms with Crippen molar-refractivity contribution in [3.63, 3.8) is 0 Å². The highest BCUT2D eigenvalue weighted by molar-refractivity contribution is 5.92. The number of ether oxygens (including phenoxy) is 2. The molecule has 2 rings (SSSR count). The number of esters is 1. The summed E-state index contributed by atoms with van der Waals surface area (Å²) in [4.78, 5) is 24.7. The van der Waals surface area contributed by atoms with Gasteiger partial charge >= 0.3 is 5.97 Å². The van der Waals surface area contributed by atoms with E-state index in [0.29, 0.717) is 23.1 Å².